The Morgan fingerprint density at radius 2 is 2.04 bits per heavy atom. The zero-order valence-electron chi connectivity index (χ0n) is 11.8. The lowest BCUT2D eigenvalue weighted by molar-refractivity contribution is -0.383. The van der Waals surface area contributed by atoms with E-state index in [9.17, 15) is 14.9 Å². The highest BCUT2D eigenvalue weighted by Gasteiger charge is 2.22. The van der Waals surface area contributed by atoms with E-state index in [1.165, 1.54) is 7.05 Å². The normalized spacial score (nSPS) is 9.83. The Balaban J connectivity index is 2.06. The van der Waals surface area contributed by atoms with Gasteiger partial charge in [0.2, 0.25) is 11.6 Å². The number of rotatable bonds is 5. The van der Waals surface area contributed by atoms with Crippen molar-refractivity contribution in [2.45, 2.75) is 0 Å². The van der Waals surface area contributed by atoms with Crippen LogP contribution in [0.25, 0.3) is 0 Å². The van der Waals surface area contributed by atoms with Crippen molar-refractivity contribution in [2.24, 2.45) is 0 Å². The van der Waals surface area contributed by atoms with Gasteiger partial charge in [0, 0.05) is 17.8 Å². The predicted octanol–water partition coefficient (Wildman–Crippen LogP) is 2.23. The lowest BCUT2D eigenvalue weighted by Crippen LogP contribution is -2.34. The molecule has 0 atom stereocenters. The van der Waals surface area contributed by atoms with Crippen LogP contribution in [0.5, 0.6) is 0 Å². The van der Waals surface area contributed by atoms with E-state index >= 15 is 0 Å². The summed E-state index contributed by atoms with van der Waals surface area (Å²) in [5.41, 5.74) is 4.70. The van der Waals surface area contributed by atoms with E-state index in [-0.39, 0.29) is 11.6 Å². The number of hydrazine groups is 1. The number of aromatic nitrogens is 2. The van der Waals surface area contributed by atoms with Gasteiger partial charge in [-0.1, -0.05) is 17.7 Å². The number of hydrogen-bond acceptors (Lipinski definition) is 7. The summed E-state index contributed by atoms with van der Waals surface area (Å²) in [6.45, 7) is 0. The fraction of sp³-hybridized carbons (Fsp3) is 0.0833. The van der Waals surface area contributed by atoms with Crippen LogP contribution in [0.2, 0.25) is 5.02 Å². The highest BCUT2D eigenvalue weighted by Crippen LogP contribution is 2.27. The number of nitrogens with zero attached hydrogens (tertiary/aromatic N) is 3. The second kappa shape index (κ2) is 7.22. The molecular weight excluding hydrogens is 326 g/mol. The molecule has 1 aromatic carbocycles. The van der Waals surface area contributed by atoms with Gasteiger partial charge in [0.05, 0.1) is 4.92 Å². The molecule has 0 aliphatic rings. The number of nitrogens with one attached hydrogen (secondary N) is 4. The van der Waals surface area contributed by atoms with E-state index in [2.05, 4.69) is 31.5 Å². The van der Waals surface area contributed by atoms with Crippen LogP contribution in [0.15, 0.2) is 30.6 Å². The van der Waals surface area contributed by atoms with E-state index in [1.807, 2.05) is 0 Å². The van der Waals surface area contributed by atoms with Crippen LogP contribution in [0.4, 0.5) is 27.8 Å². The molecule has 2 rings (SSSR count). The molecular formula is C12H12ClN7O3. The highest BCUT2D eigenvalue weighted by atomic mass is 35.5. The molecule has 0 bridgehead atoms. The molecule has 1 aromatic heterocycles. The van der Waals surface area contributed by atoms with Crippen molar-refractivity contribution in [3.8, 4) is 0 Å². The zero-order valence-corrected chi connectivity index (χ0v) is 12.6. The molecule has 10 nitrogen and oxygen atoms in total. The van der Waals surface area contributed by atoms with E-state index in [0.29, 0.717) is 10.7 Å². The van der Waals surface area contributed by atoms with E-state index < -0.39 is 16.6 Å². The first-order chi connectivity index (χ1) is 11.0. The molecule has 1 heterocycles. The summed E-state index contributed by atoms with van der Waals surface area (Å²) in [7, 11) is 1.48. The van der Waals surface area contributed by atoms with Gasteiger partial charge in [0.1, 0.15) is 6.33 Å². The predicted molar refractivity (Wildman–Crippen MR) is 85.5 cm³/mol. The number of amides is 2. The second-order valence-electron chi connectivity index (χ2n) is 4.14. The molecule has 0 aliphatic heterocycles. The summed E-state index contributed by atoms with van der Waals surface area (Å²) in [6.07, 6.45) is 1.12. The van der Waals surface area contributed by atoms with Gasteiger partial charge in [0.25, 0.3) is 0 Å². The third-order valence-corrected chi connectivity index (χ3v) is 2.85. The topological polar surface area (TPSA) is 134 Å². The van der Waals surface area contributed by atoms with Crippen LogP contribution in [0.1, 0.15) is 0 Å². The maximum Gasteiger partial charge on any atom is 0.354 e. The first-order valence-corrected chi connectivity index (χ1v) is 6.64. The standard InChI is InChI=1S/C12H12ClN7O3/c1-14-10-9(20(22)23)11(16-6-15-10)18-19-12(21)17-8-4-2-3-7(13)5-8/h2-6H,1H3,(H2,17,19,21)(H2,14,15,16,18). The number of halogens is 1. The summed E-state index contributed by atoms with van der Waals surface area (Å²) in [4.78, 5) is 29.7. The summed E-state index contributed by atoms with van der Waals surface area (Å²) in [5, 5.41) is 16.6. The van der Waals surface area contributed by atoms with Gasteiger partial charge in [-0.25, -0.2) is 20.2 Å². The number of nitro groups is 1. The molecule has 0 fully saturated rings. The van der Waals surface area contributed by atoms with Crippen LogP contribution < -0.4 is 21.5 Å². The Kier molecular flexibility index (Phi) is 5.10. The maximum atomic E-state index is 11.8. The lowest BCUT2D eigenvalue weighted by Gasteiger charge is -2.10. The minimum Gasteiger partial charge on any atom is -0.367 e. The average Bonchev–Trinajstić information content (AvgIpc) is 2.52. The van der Waals surface area contributed by atoms with Crippen LogP contribution >= 0.6 is 11.6 Å². The number of hydrogen-bond donors (Lipinski definition) is 4. The van der Waals surface area contributed by atoms with Crippen molar-refractivity contribution < 1.29 is 9.72 Å². The quantitative estimate of drug-likeness (QED) is 0.485. The number of carbonyl (C=O) groups excluding carboxylic acids is 1. The molecule has 0 saturated heterocycles. The van der Waals surface area contributed by atoms with Crippen LogP contribution in [-0.2, 0) is 0 Å². The third kappa shape index (κ3) is 4.17. The van der Waals surface area contributed by atoms with Crippen LogP contribution in [0.3, 0.4) is 0 Å². The molecule has 0 unspecified atom stereocenters. The molecule has 120 valence electrons. The minimum absolute atomic E-state index is 0.0181. The van der Waals surface area contributed by atoms with Gasteiger partial charge >= 0.3 is 11.7 Å². The molecule has 0 saturated carbocycles. The van der Waals surface area contributed by atoms with Crippen LogP contribution in [0, 0.1) is 10.1 Å². The number of carbonyl (C=O) groups is 1. The molecule has 0 aliphatic carbocycles. The fourth-order valence-corrected chi connectivity index (χ4v) is 1.86. The summed E-state index contributed by atoms with van der Waals surface area (Å²) in [5.74, 6) is -0.139. The minimum atomic E-state index is -0.662. The highest BCUT2D eigenvalue weighted by molar-refractivity contribution is 6.30. The van der Waals surface area contributed by atoms with Gasteiger partial charge < -0.3 is 10.6 Å². The van der Waals surface area contributed by atoms with Crippen molar-refractivity contribution in [3.05, 3.63) is 45.7 Å². The van der Waals surface area contributed by atoms with Gasteiger partial charge in [-0.3, -0.25) is 15.5 Å². The SMILES string of the molecule is CNc1ncnc(NNC(=O)Nc2cccc(Cl)c2)c1[N+](=O)[O-]. The Bertz CT molecular complexity index is 740. The van der Waals surface area contributed by atoms with Gasteiger partial charge in [-0.2, -0.15) is 0 Å². The number of benzene rings is 1. The van der Waals surface area contributed by atoms with Gasteiger partial charge in [0.15, 0.2) is 0 Å². The third-order valence-electron chi connectivity index (χ3n) is 2.62. The molecule has 2 aromatic rings. The van der Waals surface area contributed by atoms with Crippen molar-refractivity contribution in [1.29, 1.82) is 0 Å². The molecule has 0 radical (unpaired) electrons. The molecule has 2 amide bonds. The largest absolute Gasteiger partial charge is 0.367 e. The summed E-state index contributed by atoms with van der Waals surface area (Å²) in [6, 6.07) is 5.86. The monoisotopic (exact) mass is 337 g/mol. The first kappa shape index (κ1) is 16.2. The van der Waals surface area contributed by atoms with Crippen LogP contribution in [-0.4, -0.2) is 28.0 Å². The van der Waals surface area contributed by atoms with Gasteiger partial charge in [-0.05, 0) is 18.2 Å². The van der Waals surface area contributed by atoms with Crippen molar-refractivity contribution in [1.82, 2.24) is 15.4 Å². The van der Waals surface area contributed by atoms with Gasteiger partial charge in [-0.15, -0.1) is 0 Å². The number of anilines is 3. The Hall–Kier alpha value is -3.14. The van der Waals surface area contributed by atoms with E-state index in [4.69, 9.17) is 11.6 Å². The first-order valence-electron chi connectivity index (χ1n) is 6.27. The van der Waals surface area contributed by atoms with Crippen molar-refractivity contribution in [3.63, 3.8) is 0 Å². The lowest BCUT2D eigenvalue weighted by atomic mass is 10.3. The average molecular weight is 338 g/mol. The summed E-state index contributed by atoms with van der Waals surface area (Å²) >= 11 is 5.80. The van der Waals surface area contributed by atoms with E-state index in [0.717, 1.165) is 6.33 Å². The number of urea groups is 1. The Morgan fingerprint density at radius 1 is 1.30 bits per heavy atom. The maximum absolute atomic E-state index is 11.8. The van der Waals surface area contributed by atoms with Crippen molar-refractivity contribution >= 4 is 40.6 Å². The molecule has 4 N–H and O–H groups in total. The Labute approximate surface area is 135 Å². The second-order valence-corrected chi connectivity index (χ2v) is 4.58. The molecule has 23 heavy (non-hydrogen) atoms. The fourth-order valence-electron chi connectivity index (χ4n) is 1.67. The van der Waals surface area contributed by atoms with Crippen molar-refractivity contribution in [2.75, 3.05) is 23.1 Å². The summed E-state index contributed by atoms with van der Waals surface area (Å²) < 4.78 is 0. The molecule has 0 spiro atoms. The Morgan fingerprint density at radius 3 is 2.70 bits per heavy atom. The smallest absolute Gasteiger partial charge is 0.354 e. The van der Waals surface area contributed by atoms with E-state index in [1.54, 1.807) is 24.3 Å². The zero-order chi connectivity index (χ0) is 16.8. The molecule has 11 heteroatoms.